The molecule has 1 heterocycles. The van der Waals surface area contributed by atoms with E-state index < -0.39 is 0 Å². The molecule has 0 fully saturated rings. The molecule has 0 bridgehead atoms. The van der Waals surface area contributed by atoms with Gasteiger partial charge in [-0.3, -0.25) is 4.98 Å². The summed E-state index contributed by atoms with van der Waals surface area (Å²) in [5.74, 6) is 2.56. The minimum atomic E-state index is 0.104. The third-order valence-corrected chi connectivity index (χ3v) is 1.88. The Hall–Kier alpha value is -1.33. The maximum atomic E-state index is 5.76. The number of aromatic nitrogens is 1. The molecular formula is C11H14N2. The lowest BCUT2D eigenvalue weighted by Crippen LogP contribution is -2.19. The maximum absolute atomic E-state index is 5.76. The number of rotatable bonds is 4. The molecular weight excluding hydrogens is 160 g/mol. The number of hydrogen-bond donors (Lipinski definition) is 1. The molecule has 2 N–H and O–H groups in total. The van der Waals surface area contributed by atoms with Crippen molar-refractivity contribution in [3.8, 4) is 12.3 Å². The highest BCUT2D eigenvalue weighted by Gasteiger charge is 2.00. The topological polar surface area (TPSA) is 38.9 Å². The number of pyridine rings is 1. The van der Waals surface area contributed by atoms with E-state index in [2.05, 4.69) is 10.9 Å². The molecule has 0 aromatic carbocycles. The first kappa shape index (κ1) is 9.76. The SMILES string of the molecule is C#CCC(N)CCc1ccccn1. The van der Waals surface area contributed by atoms with E-state index in [1.807, 2.05) is 18.2 Å². The van der Waals surface area contributed by atoms with Gasteiger partial charge in [0.1, 0.15) is 0 Å². The van der Waals surface area contributed by atoms with Crippen LogP contribution in [0.1, 0.15) is 18.5 Å². The van der Waals surface area contributed by atoms with Gasteiger partial charge in [-0.05, 0) is 25.0 Å². The van der Waals surface area contributed by atoms with Crippen LogP contribution in [0.2, 0.25) is 0 Å². The summed E-state index contributed by atoms with van der Waals surface area (Å²) in [7, 11) is 0. The van der Waals surface area contributed by atoms with E-state index in [9.17, 15) is 0 Å². The number of terminal acetylenes is 1. The summed E-state index contributed by atoms with van der Waals surface area (Å²) in [6, 6.07) is 6.00. The molecule has 1 unspecified atom stereocenters. The molecule has 1 atom stereocenters. The number of nitrogens with zero attached hydrogens (tertiary/aromatic N) is 1. The van der Waals surface area contributed by atoms with Crippen molar-refractivity contribution in [1.82, 2.24) is 4.98 Å². The molecule has 1 rings (SSSR count). The molecule has 0 saturated heterocycles. The van der Waals surface area contributed by atoms with E-state index in [4.69, 9.17) is 12.2 Å². The van der Waals surface area contributed by atoms with Crippen LogP contribution in [-0.4, -0.2) is 11.0 Å². The van der Waals surface area contributed by atoms with Crippen molar-refractivity contribution in [2.45, 2.75) is 25.3 Å². The van der Waals surface area contributed by atoms with Crippen molar-refractivity contribution in [1.29, 1.82) is 0 Å². The average Bonchev–Trinajstić information content (AvgIpc) is 2.17. The fourth-order valence-corrected chi connectivity index (χ4v) is 1.13. The zero-order chi connectivity index (χ0) is 9.52. The highest BCUT2D eigenvalue weighted by atomic mass is 14.7. The first-order chi connectivity index (χ1) is 6.33. The van der Waals surface area contributed by atoms with Gasteiger partial charge in [-0.1, -0.05) is 6.07 Å². The zero-order valence-electron chi connectivity index (χ0n) is 7.61. The predicted molar refractivity (Wildman–Crippen MR) is 54.0 cm³/mol. The first-order valence-electron chi connectivity index (χ1n) is 4.42. The van der Waals surface area contributed by atoms with Gasteiger partial charge in [-0.25, -0.2) is 0 Å². The minimum Gasteiger partial charge on any atom is -0.327 e. The van der Waals surface area contributed by atoms with Gasteiger partial charge in [0.15, 0.2) is 0 Å². The summed E-state index contributed by atoms with van der Waals surface area (Å²) >= 11 is 0. The van der Waals surface area contributed by atoms with Crippen LogP contribution < -0.4 is 5.73 Å². The molecule has 0 aliphatic heterocycles. The van der Waals surface area contributed by atoms with Gasteiger partial charge in [0.05, 0.1) is 0 Å². The standard InChI is InChI=1S/C11H14N2/c1-2-5-10(12)7-8-11-6-3-4-9-13-11/h1,3-4,6,9-10H,5,7-8,12H2. The van der Waals surface area contributed by atoms with Gasteiger partial charge in [-0.15, -0.1) is 12.3 Å². The largest absolute Gasteiger partial charge is 0.327 e. The molecule has 0 saturated carbocycles. The fourth-order valence-electron chi connectivity index (χ4n) is 1.13. The van der Waals surface area contributed by atoms with Gasteiger partial charge in [0.25, 0.3) is 0 Å². The van der Waals surface area contributed by atoms with Crippen molar-refractivity contribution in [2.75, 3.05) is 0 Å². The minimum absolute atomic E-state index is 0.104. The van der Waals surface area contributed by atoms with Crippen LogP contribution in [0.4, 0.5) is 0 Å². The second-order valence-electron chi connectivity index (χ2n) is 3.03. The van der Waals surface area contributed by atoms with E-state index in [1.54, 1.807) is 6.20 Å². The molecule has 0 radical (unpaired) electrons. The van der Waals surface area contributed by atoms with Crippen LogP contribution in [0.25, 0.3) is 0 Å². The first-order valence-corrected chi connectivity index (χ1v) is 4.42. The van der Waals surface area contributed by atoms with E-state index >= 15 is 0 Å². The van der Waals surface area contributed by atoms with E-state index in [0.717, 1.165) is 18.5 Å². The van der Waals surface area contributed by atoms with E-state index in [-0.39, 0.29) is 6.04 Å². The Bertz CT molecular complexity index is 274. The highest BCUT2D eigenvalue weighted by Crippen LogP contribution is 2.02. The van der Waals surface area contributed by atoms with Crippen molar-refractivity contribution < 1.29 is 0 Å². The van der Waals surface area contributed by atoms with Crippen molar-refractivity contribution in [2.24, 2.45) is 5.73 Å². The Morgan fingerprint density at radius 1 is 1.54 bits per heavy atom. The number of hydrogen-bond acceptors (Lipinski definition) is 2. The van der Waals surface area contributed by atoms with Gasteiger partial charge >= 0.3 is 0 Å². The lowest BCUT2D eigenvalue weighted by atomic mass is 10.1. The molecule has 2 heteroatoms. The number of nitrogens with two attached hydrogens (primary N) is 1. The summed E-state index contributed by atoms with van der Waals surface area (Å²) in [5, 5.41) is 0. The van der Waals surface area contributed by atoms with Crippen LogP contribution in [0, 0.1) is 12.3 Å². The van der Waals surface area contributed by atoms with Crippen LogP contribution >= 0.6 is 0 Å². The van der Waals surface area contributed by atoms with Crippen molar-refractivity contribution in [3.63, 3.8) is 0 Å². The quantitative estimate of drug-likeness (QED) is 0.700. The third-order valence-electron chi connectivity index (χ3n) is 1.88. The van der Waals surface area contributed by atoms with Crippen LogP contribution in [0.5, 0.6) is 0 Å². The molecule has 2 nitrogen and oxygen atoms in total. The van der Waals surface area contributed by atoms with Crippen LogP contribution in [0.15, 0.2) is 24.4 Å². The van der Waals surface area contributed by atoms with Gasteiger partial charge < -0.3 is 5.73 Å². The lowest BCUT2D eigenvalue weighted by molar-refractivity contribution is 0.623. The normalized spacial score (nSPS) is 12.0. The Morgan fingerprint density at radius 3 is 3.00 bits per heavy atom. The summed E-state index contributed by atoms with van der Waals surface area (Å²) in [5.41, 5.74) is 6.84. The van der Waals surface area contributed by atoms with Crippen molar-refractivity contribution in [3.05, 3.63) is 30.1 Å². The molecule has 0 amide bonds. The molecule has 13 heavy (non-hydrogen) atoms. The Kier molecular flexibility index (Phi) is 4.01. The van der Waals surface area contributed by atoms with Crippen LogP contribution in [-0.2, 0) is 6.42 Å². The van der Waals surface area contributed by atoms with Crippen LogP contribution in [0.3, 0.4) is 0 Å². The average molecular weight is 174 g/mol. The second-order valence-corrected chi connectivity index (χ2v) is 3.03. The zero-order valence-corrected chi connectivity index (χ0v) is 7.61. The second kappa shape index (κ2) is 5.34. The Labute approximate surface area is 79.2 Å². The van der Waals surface area contributed by atoms with Gasteiger partial charge in [-0.2, -0.15) is 0 Å². The summed E-state index contributed by atoms with van der Waals surface area (Å²) in [6.07, 6.45) is 9.40. The molecule has 1 aromatic heterocycles. The number of aryl methyl sites for hydroxylation is 1. The molecule has 0 aliphatic rings. The lowest BCUT2D eigenvalue weighted by Gasteiger charge is -2.06. The maximum Gasteiger partial charge on any atom is 0.0404 e. The summed E-state index contributed by atoms with van der Waals surface area (Å²) in [4.78, 5) is 4.20. The Morgan fingerprint density at radius 2 is 2.38 bits per heavy atom. The van der Waals surface area contributed by atoms with Gasteiger partial charge in [0, 0.05) is 24.4 Å². The summed E-state index contributed by atoms with van der Waals surface area (Å²) in [6.45, 7) is 0. The summed E-state index contributed by atoms with van der Waals surface area (Å²) < 4.78 is 0. The molecule has 68 valence electrons. The molecule has 1 aromatic rings. The van der Waals surface area contributed by atoms with Crippen molar-refractivity contribution >= 4 is 0 Å². The fraction of sp³-hybridized carbons (Fsp3) is 0.364. The van der Waals surface area contributed by atoms with E-state index in [1.165, 1.54) is 0 Å². The predicted octanol–water partition coefficient (Wildman–Crippen LogP) is 1.36. The monoisotopic (exact) mass is 174 g/mol. The third kappa shape index (κ3) is 3.73. The van der Waals surface area contributed by atoms with Gasteiger partial charge in [0.2, 0.25) is 0 Å². The highest BCUT2D eigenvalue weighted by molar-refractivity contribution is 5.04. The van der Waals surface area contributed by atoms with E-state index in [0.29, 0.717) is 6.42 Å². The smallest absolute Gasteiger partial charge is 0.0404 e. The molecule has 0 spiro atoms. The molecule has 0 aliphatic carbocycles. The Balaban J connectivity index is 2.32.